The largest absolute Gasteiger partial charge is 0.497 e. The summed E-state index contributed by atoms with van der Waals surface area (Å²) in [6.45, 7) is 4.42. The summed E-state index contributed by atoms with van der Waals surface area (Å²) in [7, 11) is 1.63. The van der Waals surface area contributed by atoms with E-state index in [2.05, 4.69) is 5.32 Å². The highest BCUT2D eigenvalue weighted by molar-refractivity contribution is 5.79. The van der Waals surface area contributed by atoms with Gasteiger partial charge in [0.2, 0.25) is 5.91 Å². The molecule has 1 aliphatic heterocycles. The fraction of sp³-hybridized carbons (Fsp3) is 0.562. The van der Waals surface area contributed by atoms with Gasteiger partial charge in [-0.25, -0.2) is 0 Å². The van der Waals surface area contributed by atoms with Crippen LogP contribution in [0.3, 0.4) is 0 Å². The molecule has 1 aliphatic rings. The number of nitrogens with one attached hydrogen (secondary N) is 1. The molecule has 1 N–H and O–H groups in total. The lowest BCUT2D eigenvalue weighted by molar-refractivity contribution is -0.126. The molecular weight excluding hydrogens is 270 g/mol. The van der Waals surface area contributed by atoms with E-state index < -0.39 is 0 Å². The van der Waals surface area contributed by atoms with Crippen molar-refractivity contribution < 1.29 is 19.0 Å². The van der Waals surface area contributed by atoms with Crippen LogP contribution < -0.4 is 14.8 Å². The Morgan fingerprint density at radius 1 is 1.48 bits per heavy atom. The van der Waals surface area contributed by atoms with Crippen LogP contribution in [0.4, 0.5) is 0 Å². The van der Waals surface area contributed by atoms with Crippen molar-refractivity contribution in [1.29, 1.82) is 0 Å². The van der Waals surface area contributed by atoms with Crippen molar-refractivity contribution in [3.63, 3.8) is 0 Å². The average Bonchev–Trinajstić information content (AvgIpc) is 2.53. The number of fused-ring (bicyclic) bond motifs is 1. The molecule has 0 bridgehead atoms. The zero-order valence-corrected chi connectivity index (χ0v) is 12.7. The van der Waals surface area contributed by atoms with E-state index in [-0.39, 0.29) is 11.8 Å². The Kier molecular flexibility index (Phi) is 5.87. The molecule has 2 rings (SSSR count). The van der Waals surface area contributed by atoms with Gasteiger partial charge in [0.15, 0.2) is 0 Å². The highest BCUT2D eigenvalue weighted by Gasteiger charge is 2.26. The number of hydrogen-bond acceptors (Lipinski definition) is 4. The number of ether oxygens (including phenoxy) is 3. The molecule has 5 heteroatoms. The Labute approximate surface area is 125 Å². The molecule has 1 heterocycles. The van der Waals surface area contributed by atoms with Crippen molar-refractivity contribution in [3.05, 3.63) is 23.8 Å². The van der Waals surface area contributed by atoms with E-state index in [1.165, 1.54) is 0 Å². The van der Waals surface area contributed by atoms with Gasteiger partial charge >= 0.3 is 0 Å². The molecule has 0 radical (unpaired) electrons. The van der Waals surface area contributed by atoms with Crippen molar-refractivity contribution in [1.82, 2.24) is 5.32 Å². The molecule has 116 valence electrons. The van der Waals surface area contributed by atoms with Gasteiger partial charge in [0.1, 0.15) is 18.1 Å². The standard InChI is InChI=1S/C16H23NO4/c1-3-20-8-4-7-17-16(18)13-9-12-10-14(19-2)5-6-15(12)21-11-13/h5-6,10,13H,3-4,7-9,11H2,1-2H3,(H,17,18). The lowest BCUT2D eigenvalue weighted by Crippen LogP contribution is -2.38. The number of carbonyl (C=O) groups excluding carboxylic acids is 1. The quantitative estimate of drug-likeness (QED) is 0.779. The molecule has 0 saturated heterocycles. The average molecular weight is 293 g/mol. The molecule has 1 amide bonds. The van der Waals surface area contributed by atoms with E-state index >= 15 is 0 Å². The summed E-state index contributed by atoms with van der Waals surface area (Å²) in [4.78, 5) is 12.1. The Balaban J connectivity index is 1.84. The van der Waals surface area contributed by atoms with Crippen LogP contribution in [0.25, 0.3) is 0 Å². The topological polar surface area (TPSA) is 56.8 Å². The van der Waals surface area contributed by atoms with Gasteiger partial charge in [0.05, 0.1) is 13.0 Å². The van der Waals surface area contributed by atoms with Crippen molar-refractivity contribution in [2.45, 2.75) is 19.8 Å². The summed E-state index contributed by atoms with van der Waals surface area (Å²) in [5, 5.41) is 2.94. The number of amides is 1. The van der Waals surface area contributed by atoms with Crippen molar-refractivity contribution in [2.24, 2.45) is 5.92 Å². The van der Waals surface area contributed by atoms with Gasteiger partial charge < -0.3 is 19.5 Å². The van der Waals surface area contributed by atoms with Gasteiger partial charge in [-0.3, -0.25) is 4.79 Å². The monoisotopic (exact) mass is 293 g/mol. The van der Waals surface area contributed by atoms with Crippen LogP contribution in [0.2, 0.25) is 0 Å². The van der Waals surface area contributed by atoms with E-state index in [1.54, 1.807) is 7.11 Å². The minimum absolute atomic E-state index is 0.0416. The first-order valence-electron chi connectivity index (χ1n) is 7.39. The molecule has 1 atom stereocenters. The highest BCUT2D eigenvalue weighted by Crippen LogP contribution is 2.30. The Bertz CT molecular complexity index is 475. The molecule has 0 aromatic heterocycles. The molecule has 1 aromatic carbocycles. The third kappa shape index (κ3) is 4.36. The number of benzene rings is 1. The minimum atomic E-state index is -0.142. The van der Waals surface area contributed by atoms with Crippen molar-refractivity contribution >= 4 is 5.91 Å². The molecule has 0 aliphatic carbocycles. The predicted molar refractivity (Wildman–Crippen MR) is 79.8 cm³/mol. The summed E-state index contributed by atoms with van der Waals surface area (Å²) in [5.74, 6) is 1.53. The number of carbonyl (C=O) groups is 1. The molecular formula is C16H23NO4. The fourth-order valence-electron chi connectivity index (χ4n) is 2.34. The molecule has 5 nitrogen and oxygen atoms in total. The normalized spacial score (nSPS) is 16.8. The van der Waals surface area contributed by atoms with Gasteiger partial charge in [0, 0.05) is 19.8 Å². The number of rotatable bonds is 7. The first-order chi connectivity index (χ1) is 10.2. The summed E-state index contributed by atoms with van der Waals surface area (Å²) >= 11 is 0. The summed E-state index contributed by atoms with van der Waals surface area (Å²) in [6, 6.07) is 5.70. The zero-order valence-electron chi connectivity index (χ0n) is 12.7. The van der Waals surface area contributed by atoms with E-state index in [0.717, 1.165) is 23.5 Å². The van der Waals surface area contributed by atoms with E-state index in [0.29, 0.717) is 32.8 Å². The van der Waals surface area contributed by atoms with Gasteiger partial charge in [0.25, 0.3) is 0 Å². The molecule has 0 saturated carbocycles. The Morgan fingerprint density at radius 3 is 3.10 bits per heavy atom. The lowest BCUT2D eigenvalue weighted by atomic mass is 9.96. The summed E-state index contributed by atoms with van der Waals surface area (Å²) in [6.07, 6.45) is 1.52. The van der Waals surface area contributed by atoms with Gasteiger partial charge in [-0.2, -0.15) is 0 Å². The maximum atomic E-state index is 12.1. The maximum absolute atomic E-state index is 12.1. The van der Waals surface area contributed by atoms with Crippen LogP contribution >= 0.6 is 0 Å². The van der Waals surface area contributed by atoms with Crippen molar-refractivity contribution in [3.8, 4) is 11.5 Å². The van der Waals surface area contributed by atoms with Gasteiger partial charge in [-0.15, -0.1) is 0 Å². The number of hydrogen-bond donors (Lipinski definition) is 1. The Morgan fingerprint density at radius 2 is 2.33 bits per heavy atom. The fourth-order valence-corrected chi connectivity index (χ4v) is 2.34. The predicted octanol–water partition coefficient (Wildman–Crippen LogP) is 1.79. The first kappa shape index (κ1) is 15.6. The second-order valence-corrected chi connectivity index (χ2v) is 5.03. The third-order valence-electron chi connectivity index (χ3n) is 3.51. The van der Waals surface area contributed by atoms with Crippen LogP contribution in [0.15, 0.2) is 18.2 Å². The molecule has 0 spiro atoms. The van der Waals surface area contributed by atoms with E-state index in [1.807, 2.05) is 25.1 Å². The number of methoxy groups -OCH3 is 1. The second-order valence-electron chi connectivity index (χ2n) is 5.03. The smallest absolute Gasteiger partial charge is 0.226 e. The van der Waals surface area contributed by atoms with Crippen LogP contribution in [-0.2, 0) is 16.0 Å². The summed E-state index contributed by atoms with van der Waals surface area (Å²) < 4.78 is 16.1. The highest BCUT2D eigenvalue weighted by atomic mass is 16.5. The van der Waals surface area contributed by atoms with Gasteiger partial charge in [-0.1, -0.05) is 0 Å². The van der Waals surface area contributed by atoms with Gasteiger partial charge in [-0.05, 0) is 43.5 Å². The van der Waals surface area contributed by atoms with Crippen LogP contribution in [0.1, 0.15) is 18.9 Å². The van der Waals surface area contributed by atoms with Crippen LogP contribution in [-0.4, -0.2) is 39.4 Å². The molecule has 1 unspecified atom stereocenters. The van der Waals surface area contributed by atoms with E-state index in [9.17, 15) is 4.79 Å². The van der Waals surface area contributed by atoms with Crippen LogP contribution in [0, 0.1) is 5.92 Å². The molecule has 1 aromatic rings. The van der Waals surface area contributed by atoms with Crippen molar-refractivity contribution in [2.75, 3.05) is 33.5 Å². The first-order valence-corrected chi connectivity index (χ1v) is 7.39. The Hall–Kier alpha value is -1.75. The molecule has 21 heavy (non-hydrogen) atoms. The third-order valence-corrected chi connectivity index (χ3v) is 3.51. The lowest BCUT2D eigenvalue weighted by Gasteiger charge is -2.25. The minimum Gasteiger partial charge on any atom is -0.497 e. The SMILES string of the molecule is CCOCCCNC(=O)C1COc2ccc(OC)cc2C1. The van der Waals surface area contributed by atoms with E-state index in [4.69, 9.17) is 14.2 Å². The second kappa shape index (κ2) is 7.88. The summed E-state index contributed by atoms with van der Waals surface area (Å²) in [5.41, 5.74) is 1.02. The zero-order chi connectivity index (χ0) is 15.1. The maximum Gasteiger partial charge on any atom is 0.226 e. The van der Waals surface area contributed by atoms with Crippen LogP contribution in [0.5, 0.6) is 11.5 Å². The molecule has 0 fully saturated rings.